The number of rotatable bonds is 9. The molecule has 5 nitrogen and oxygen atoms in total. The maximum atomic E-state index is 13.4. The standard InChI is InChI=1S/C14H23FN2O3S/c1-4-13(10-20-3)17-21(18,19)14-8-12(15)7-6-11(14)9-16-5-2/h6-8,13,16-17H,4-5,9-10H2,1-3H3. The predicted octanol–water partition coefficient (Wildman–Crippen LogP) is 1.64. The van der Waals surface area contributed by atoms with Crippen LogP contribution in [-0.4, -0.2) is 34.7 Å². The average Bonchev–Trinajstić information content (AvgIpc) is 2.45. The van der Waals surface area contributed by atoms with Gasteiger partial charge in [-0.3, -0.25) is 0 Å². The Bertz CT molecular complexity index is 549. The summed E-state index contributed by atoms with van der Waals surface area (Å²) in [7, 11) is -2.28. The van der Waals surface area contributed by atoms with E-state index in [4.69, 9.17) is 4.74 Å². The SMILES string of the molecule is CCNCc1ccc(F)cc1S(=O)(=O)NC(CC)COC. The molecule has 0 aliphatic carbocycles. The van der Waals surface area contributed by atoms with Crippen LogP contribution >= 0.6 is 0 Å². The lowest BCUT2D eigenvalue weighted by molar-refractivity contribution is 0.173. The van der Waals surface area contributed by atoms with Gasteiger partial charge in [0.15, 0.2) is 0 Å². The zero-order valence-corrected chi connectivity index (χ0v) is 13.5. The minimum atomic E-state index is -3.79. The lowest BCUT2D eigenvalue weighted by Crippen LogP contribution is -2.38. The quantitative estimate of drug-likeness (QED) is 0.726. The van der Waals surface area contributed by atoms with Crippen LogP contribution in [0.1, 0.15) is 25.8 Å². The number of hydrogen-bond acceptors (Lipinski definition) is 4. The van der Waals surface area contributed by atoms with Gasteiger partial charge in [-0.2, -0.15) is 0 Å². The van der Waals surface area contributed by atoms with Crippen LogP contribution in [0, 0.1) is 5.82 Å². The van der Waals surface area contributed by atoms with E-state index in [9.17, 15) is 12.8 Å². The van der Waals surface area contributed by atoms with Crippen molar-refractivity contribution in [3.63, 3.8) is 0 Å². The fourth-order valence-electron chi connectivity index (χ4n) is 1.90. The highest BCUT2D eigenvalue weighted by Crippen LogP contribution is 2.18. The van der Waals surface area contributed by atoms with Crippen LogP contribution in [0.25, 0.3) is 0 Å². The second-order valence-corrected chi connectivity index (χ2v) is 6.40. The van der Waals surface area contributed by atoms with Crippen molar-refractivity contribution >= 4 is 10.0 Å². The van der Waals surface area contributed by atoms with Crippen molar-refractivity contribution in [2.75, 3.05) is 20.3 Å². The number of halogens is 1. The van der Waals surface area contributed by atoms with Crippen LogP contribution in [0.3, 0.4) is 0 Å². The number of ether oxygens (including phenoxy) is 1. The lowest BCUT2D eigenvalue weighted by Gasteiger charge is -2.18. The van der Waals surface area contributed by atoms with Gasteiger partial charge in [-0.1, -0.05) is 19.9 Å². The van der Waals surface area contributed by atoms with E-state index in [0.29, 0.717) is 25.1 Å². The average molecular weight is 318 g/mol. The van der Waals surface area contributed by atoms with Gasteiger partial charge in [0.1, 0.15) is 5.82 Å². The molecule has 1 aromatic carbocycles. The van der Waals surface area contributed by atoms with Crippen LogP contribution in [0.5, 0.6) is 0 Å². The maximum absolute atomic E-state index is 13.4. The number of sulfonamides is 1. The summed E-state index contributed by atoms with van der Waals surface area (Å²) in [6.07, 6.45) is 0.588. The third-order valence-electron chi connectivity index (χ3n) is 3.07. The molecular weight excluding hydrogens is 295 g/mol. The largest absolute Gasteiger partial charge is 0.383 e. The summed E-state index contributed by atoms with van der Waals surface area (Å²) in [5, 5.41) is 3.05. The van der Waals surface area contributed by atoms with Crippen molar-refractivity contribution in [1.29, 1.82) is 0 Å². The lowest BCUT2D eigenvalue weighted by atomic mass is 10.2. The van der Waals surface area contributed by atoms with Crippen molar-refractivity contribution in [3.05, 3.63) is 29.6 Å². The monoisotopic (exact) mass is 318 g/mol. The Morgan fingerprint density at radius 2 is 2.05 bits per heavy atom. The summed E-state index contributed by atoms with van der Waals surface area (Å²) in [6.45, 7) is 5.12. The summed E-state index contributed by atoms with van der Waals surface area (Å²) < 4.78 is 45.9. The van der Waals surface area contributed by atoms with Crippen LogP contribution < -0.4 is 10.0 Å². The highest BCUT2D eigenvalue weighted by molar-refractivity contribution is 7.89. The van der Waals surface area contributed by atoms with Gasteiger partial charge in [-0.05, 0) is 30.7 Å². The second kappa shape index (κ2) is 8.43. The van der Waals surface area contributed by atoms with E-state index in [0.717, 1.165) is 6.07 Å². The molecule has 0 fully saturated rings. The summed E-state index contributed by atoms with van der Waals surface area (Å²) in [5.74, 6) is -0.574. The van der Waals surface area contributed by atoms with Crippen LogP contribution in [0.2, 0.25) is 0 Å². The molecule has 0 saturated heterocycles. The highest BCUT2D eigenvalue weighted by atomic mass is 32.2. The van der Waals surface area contributed by atoms with Gasteiger partial charge in [0.2, 0.25) is 10.0 Å². The summed E-state index contributed by atoms with van der Waals surface area (Å²) in [5.41, 5.74) is 0.540. The van der Waals surface area contributed by atoms with Crippen molar-refractivity contribution in [2.45, 2.75) is 37.8 Å². The number of nitrogens with one attached hydrogen (secondary N) is 2. The number of benzene rings is 1. The minimum absolute atomic E-state index is 0.0296. The number of hydrogen-bond donors (Lipinski definition) is 2. The molecule has 0 radical (unpaired) electrons. The molecule has 1 atom stereocenters. The molecule has 0 aliphatic heterocycles. The molecule has 7 heteroatoms. The summed E-state index contributed by atoms with van der Waals surface area (Å²) in [6, 6.07) is 3.46. The first-order valence-electron chi connectivity index (χ1n) is 6.95. The fraction of sp³-hybridized carbons (Fsp3) is 0.571. The van der Waals surface area contributed by atoms with Crippen molar-refractivity contribution in [1.82, 2.24) is 10.0 Å². The molecule has 1 rings (SSSR count). The van der Waals surface area contributed by atoms with Gasteiger partial charge in [0.05, 0.1) is 11.5 Å². The maximum Gasteiger partial charge on any atom is 0.241 e. The Labute approximate surface area is 125 Å². The molecule has 1 aromatic rings. The first kappa shape index (κ1) is 18.0. The molecule has 0 heterocycles. The Kier molecular flexibility index (Phi) is 7.24. The van der Waals surface area contributed by atoms with Gasteiger partial charge in [0, 0.05) is 19.7 Å². The van der Waals surface area contributed by atoms with Crippen molar-refractivity contribution in [2.24, 2.45) is 0 Å². The Hall–Kier alpha value is -1.02. The van der Waals surface area contributed by atoms with E-state index in [-0.39, 0.29) is 17.5 Å². The Morgan fingerprint density at radius 1 is 1.33 bits per heavy atom. The van der Waals surface area contributed by atoms with Crippen LogP contribution in [0.15, 0.2) is 23.1 Å². The van der Waals surface area contributed by atoms with Gasteiger partial charge >= 0.3 is 0 Å². The van der Waals surface area contributed by atoms with Crippen molar-refractivity contribution < 1.29 is 17.5 Å². The summed E-state index contributed by atoms with van der Waals surface area (Å²) in [4.78, 5) is -0.0296. The zero-order chi connectivity index (χ0) is 15.9. The van der Waals surface area contributed by atoms with E-state index in [1.165, 1.54) is 19.2 Å². The molecule has 0 amide bonds. The van der Waals surface area contributed by atoms with E-state index < -0.39 is 15.8 Å². The Morgan fingerprint density at radius 3 is 2.62 bits per heavy atom. The molecule has 120 valence electrons. The van der Waals surface area contributed by atoms with Crippen molar-refractivity contribution in [3.8, 4) is 0 Å². The smallest absolute Gasteiger partial charge is 0.241 e. The minimum Gasteiger partial charge on any atom is -0.383 e. The van der Waals surface area contributed by atoms with Crippen LogP contribution in [-0.2, 0) is 21.3 Å². The van der Waals surface area contributed by atoms with E-state index in [2.05, 4.69) is 10.0 Å². The van der Waals surface area contributed by atoms with Crippen LogP contribution in [0.4, 0.5) is 4.39 Å². The molecule has 0 aliphatic rings. The fourth-order valence-corrected chi connectivity index (χ4v) is 3.46. The molecule has 0 bridgehead atoms. The first-order valence-corrected chi connectivity index (χ1v) is 8.43. The van der Waals surface area contributed by atoms with Gasteiger partial charge in [-0.25, -0.2) is 17.5 Å². The van der Waals surface area contributed by atoms with E-state index in [1.54, 1.807) is 0 Å². The van der Waals surface area contributed by atoms with Gasteiger partial charge in [0.25, 0.3) is 0 Å². The second-order valence-electron chi connectivity index (χ2n) is 4.71. The highest BCUT2D eigenvalue weighted by Gasteiger charge is 2.22. The third-order valence-corrected chi connectivity index (χ3v) is 4.67. The zero-order valence-electron chi connectivity index (χ0n) is 12.6. The molecule has 21 heavy (non-hydrogen) atoms. The molecule has 2 N–H and O–H groups in total. The summed E-state index contributed by atoms with van der Waals surface area (Å²) >= 11 is 0. The first-order chi connectivity index (χ1) is 9.94. The molecule has 0 spiro atoms. The third kappa shape index (κ3) is 5.35. The molecule has 0 aromatic heterocycles. The normalized spacial score (nSPS) is 13.3. The molecular formula is C14H23FN2O3S. The van der Waals surface area contributed by atoms with E-state index >= 15 is 0 Å². The predicted molar refractivity (Wildman–Crippen MR) is 80.1 cm³/mol. The Balaban J connectivity index is 3.07. The van der Waals surface area contributed by atoms with E-state index in [1.807, 2.05) is 13.8 Å². The molecule has 0 saturated carbocycles. The van der Waals surface area contributed by atoms with Gasteiger partial charge in [-0.15, -0.1) is 0 Å². The number of methoxy groups -OCH3 is 1. The molecule has 1 unspecified atom stereocenters. The van der Waals surface area contributed by atoms with Gasteiger partial charge < -0.3 is 10.1 Å². The topological polar surface area (TPSA) is 67.4 Å².